The maximum Gasteiger partial charge on any atom is 0.161 e. The molecule has 4 nitrogen and oxygen atoms in total. The summed E-state index contributed by atoms with van der Waals surface area (Å²) in [6, 6.07) is 5.87. The highest BCUT2D eigenvalue weighted by atomic mass is 16.5. The number of benzene rings is 1. The average Bonchev–Trinajstić information content (AvgIpc) is 2.42. The average molecular weight is 267 g/mol. The van der Waals surface area contributed by atoms with Crippen molar-refractivity contribution in [2.45, 2.75) is 32.8 Å². The molecule has 0 radical (unpaired) electrons. The molecule has 0 spiro atoms. The van der Waals surface area contributed by atoms with Crippen LogP contribution in [0.5, 0.6) is 11.5 Å². The number of aryl methyl sites for hydroxylation is 1. The molecule has 0 bridgehead atoms. The van der Waals surface area contributed by atoms with Crippen molar-refractivity contribution in [3.8, 4) is 11.5 Å². The fourth-order valence-electron chi connectivity index (χ4n) is 1.73. The molecule has 108 valence electrons. The van der Waals surface area contributed by atoms with Gasteiger partial charge in [-0.2, -0.15) is 0 Å². The monoisotopic (exact) mass is 267 g/mol. The van der Waals surface area contributed by atoms with E-state index in [0.717, 1.165) is 13.0 Å². The van der Waals surface area contributed by atoms with E-state index in [0.29, 0.717) is 18.0 Å². The smallest absolute Gasteiger partial charge is 0.161 e. The summed E-state index contributed by atoms with van der Waals surface area (Å²) in [4.78, 5) is 0. The minimum Gasteiger partial charge on any atom is -0.493 e. The second-order valence-corrected chi connectivity index (χ2v) is 4.90. The molecule has 0 aliphatic carbocycles. The van der Waals surface area contributed by atoms with E-state index in [9.17, 15) is 5.11 Å². The molecule has 1 aromatic carbocycles. The lowest BCUT2D eigenvalue weighted by molar-refractivity contribution is 0.0120. The van der Waals surface area contributed by atoms with E-state index in [1.807, 2.05) is 25.1 Å². The molecule has 1 rings (SSSR count). The second-order valence-electron chi connectivity index (χ2n) is 4.90. The van der Waals surface area contributed by atoms with Crippen LogP contribution in [0.4, 0.5) is 0 Å². The van der Waals surface area contributed by atoms with E-state index >= 15 is 0 Å². The van der Waals surface area contributed by atoms with Crippen molar-refractivity contribution in [3.05, 3.63) is 23.8 Å². The number of ether oxygens (including phenoxy) is 2. The van der Waals surface area contributed by atoms with Crippen LogP contribution in [-0.2, 0) is 6.42 Å². The Bertz CT molecular complexity index is 391. The third-order valence-corrected chi connectivity index (χ3v) is 2.93. The highest BCUT2D eigenvalue weighted by Crippen LogP contribution is 2.28. The number of rotatable bonds is 8. The van der Waals surface area contributed by atoms with E-state index in [2.05, 4.69) is 12.2 Å². The first-order valence-corrected chi connectivity index (χ1v) is 6.75. The first-order valence-electron chi connectivity index (χ1n) is 6.75. The second kappa shape index (κ2) is 7.36. The molecule has 2 N–H and O–H groups in total. The third-order valence-electron chi connectivity index (χ3n) is 2.93. The summed E-state index contributed by atoms with van der Waals surface area (Å²) in [5.41, 5.74) is 0.299. The summed E-state index contributed by atoms with van der Waals surface area (Å²) >= 11 is 0. The molecule has 0 saturated heterocycles. The van der Waals surface area contributed by atoms with Gasteiger partial charge >= 0.3 is 0 Å². The van der Waals surface area contributed by atoms with Gasteiger partial charge in [-0.1, -0.05) is 19.9 Å². The first-order chi connectivity index (χ1) is 9.02. The van der Waals surface area contributed by atoms with Gasteiger partial charge in [0.15, 0.2) is 11.5 Å². The molecule has 1 aromatic rings. The van der Waals surface area contributed by atoms with Crippen LogP contribution in [0, 0.1) is 0 Å². The molecule has 0 aliphatic heterocycles. The maximum atomic E-state index is 10.1. The van der Waals surface area contributed by atoms with Crippen LogP contribution in [0.15, 0.2) is 18.2 Å². The van der Waals surface area contributed by atoms with Crippen molar-refractivity contribution in [3.63, 3.8) is 0 Å². The van der Waals surface area contributed by atoms with Crippen molar-refractivity contribution in [2.75, 3.05) is 26.8 Å². The lowest BCUT2D eigenvalue weighted by atomic mass is 10.1. The van der Waals surface area contributed by atoms with E-state index < -0.39 is 5.60 Å². The quantitative estimate of drug-likeness (QED) is 0.756. The van der Waals surface area contributed by atoms with E-state index in [1.54, 1.807) is 14.0 Å². The predicted octanol–water partition coefficient (Wildman–Crippen LogP) is 2.00. The molecule has 1 atom stereocenters. The van der Waals surface area contributed by atoms with Gasteiger partial charge in [0.1, 0.15) is 12.2 Å². The summed E-state index contributed by atoms with van der Waals surface area (Å²) in [6.07, 6.45) is 0.953. The summed E-state index contributed by atoms with van der Waals surface area (Å²) in [5, 5.41) is 13.3. The zero-order valence-electron chi connectivity index (χ0n) is 12.3. The lowest BCUT2D eigenvalue weighted by Gasteiger charge is -2.24. The number of aliphatic hydroxyl groups is 1. The molecule has 0 fully saturated rings. The van der Waals surface area contributed by atoms with Crippen LogP contribution in [0.25, 0.3) is 0 Å². The summed E-state index contributed by atoms with van der Waals surface area (Å²) in [6.45, 7) is 7.40. The molecule has 0 aliphatic rings. The van der Waals surface area contributed by atoms with Gasteiger partial charge in [0.25, 0.3) is 0 Å². The van der Waals surface area contributed by atoms with Crippen LogP contribution in [0.1, 0.15) is 26.3 Å². The van der Waals surface area contributed by atoms with Crippen molar-refractivity contribution in [2.24, 2.45) is 0 Å². The van der Waals surface area contributed by atoms with Gasteiger partial charge in [-0.25, -0.2) is 0 Å². The molecule has 0 saturated carbocycles. The Kier molecular flexibility index (Phi) is 6.12. The van der Waals surface area contributed by atoms with E-state index in [1.165, 1.54) is 5.56 Å². The zero-order chi connectivity index (χ0) is 14.3. The van der Waals surface area contributed by atoms with Gasteiger partial charge in [0, 0.05) is 6.54 Å². The van der Waals surface area contributed by atoms with Gasteiger partial charge in [-0.15, -0.1) is 0 Å². The summed E-state index contributed by atoms with van der Waals surface area (Å²) in [7, 11) is 1.62. The number of likely N-dealkylation sites (N-methyl/N-ethyl adjacent to an activating group) is 1. The van der Waals surface area contributed by atoms with Gasteiger partial charge in [0.05, 0.1) is 7.11 Å². The fourth-order valence-corrected chi connectivity index (χ4v) is 1.73. The van der Waals surface area contributed by atoms with Gasteiger partial charge in [-0.05, 0) is 37.6 Å². The van der Waals surface area contributed by atoms with Crippen LogP contribution in [0.3, 0.4) is 0 Å². The standard InChI is InChI=1S/C15H25NO3/c1-5-12-7-8-13(14(9-12)18-4)19-11-15(3,17)10-16-6-2/h7-9,16-17H,5-6,10-11H2,1-4H3. The molecule has 19 heavy (non-hydrogen) atoms. The van der Waals surface area contributed by atoms with Crippen molar-refractivity contribution >= 4 is 0 Å². The Morgan fingerprint density at radius 3 is 2.58 bits per heavy atom. The van der Waals surface area contributed by atoms with Gasteiger partial charge in [0.2, 0.25) is 0 Å². The van der Waals surface area contributed by atoms with Crippen LogP contribution >= 0.6 is 0 Å². The molecule has 1 unspecified atom stereocenters. The zero-order valence-corrected chi connectivity index (χ0v) is 12.3. The third kappa shape index (κ3) is 5.09. The highest BCUT2D eigenvalue weighted by Gasteiger charge is 2.21. The predicted molar refractivity (Wildman–Crippen MR) is 77.0 cm³/mol. The van der Waals surface area contributed by atoms with Crippen LogP contribution in [-0.4, -0.2) is 37.5 Å². The van der Waals surface area contributed by atoms with Gasteiger partial charge in [-0.3, -0.25) is 0 Å². The minimum absolute atomic E-state index is 0.224. The first kappa shape index (κ1) is 15.8. The Morgan fingerprint density at radius 2 is 2.00 bits per heavy atom. The Balaban J connectivity index is 2.66. The molecule has 0 heterocycles. The Labute approximate surface area is 115 Å². The van der Waals surface area contributed by atoms with E-state index in [-0.39, 0.29) is 6.61 Å². The Morgan fingerprint density at radius 1 is 1.26 bits per heavy atom. The highest BCUT2D eigenvalue weighted by molar-refractivity contribution is 5.43. The maximum absolute atomic E-state index is 10.1. The van der Waals surface area contributed by atoms with Crippen molar-refractivity contribution in [1.82, 2.24) is 5.32 Å². The number of hydrogen-bond donors (Lipinski definition) is 2. The normalized spacial score (nSPS) is 13.9. The SMILES string of the molecule is CCNCC(C)(O)COc1ccc(CC)cc1OC. The van der Waals surface area contributed by atoms with Crippen molar-refractivity contribution in [1.29, 1.82) is 0 Å². The fraction of sp³-hybridized carbons (Fsp3) is 0.600. The number of hydrogen-bond acceptors (Lipinski definition) is 4. The minimum atomic E-state index is -0.898. The van der Waals surface area contributed by atoms with E-state index in [4.69, 9.17) is 9.47 Å². The lowest BCUT2D eigenvalue weighted by Crippen LogP contribution is -2.42. The van der Waals surface area contributed by atoms with Gasteiger partial charge < -0.3 is 19.9 Å². The largest absolute Gasteiger partial charge is 0.493 e. The number of nitrogens with one attached hydrogen (secondary N) is 1. The number of methoxy groups -OCH3 is 1. The summed E-state index contributed by atoms with van der Waals surface area (Å²) < 4.78 is 11.0. The Hall–Kier alpha value is -1.26. The van der Waals surface area contributed by atoms with Crippen LogP contribution < -0.4 is 14.8 Å². The van der Waals surface area contributed by atoms with Crippen LogP contribution in [0.2, 0.25) is 0 Å². The molecule has 4 heteroatoms. The molecule has 0 aromatic heterocycles. The topological polar surface area (TPSA) is 50.7 Å². The molecular weight excluding hydrogens is 242 g/mol. The molecule has 0 amide bonds. The molecular formula is C15H25NO3. The summed E-state index contributed by atoms with van der Waals surface area (Å²) in [5.74, 6) is 1.37. The van der Waals surface area contributed by atoms with Crippen molar-refractivity contribution < 1.29 is 14.6 Å².